The molecule has 0 aliphatic carbocycles. The fourth-order valence-electron chi connectivity index (χ4n) is 2.79. The van der Waals surface area contributed by atoms with Crippen LogP contribution in [0.15, 0.2) is 67.0 Å². The Balaban J connectivity index is 1.83. The van der Waals surface area contributed by atoms with Crippen molar-refractivity contribution < 1.29 is 14.3 Å². The average molecular weight is 365 g/mol. The molecule has 0 fully saturated rings. The average Bonchev–Trinajstić information content (AvgIpc) is 3.12. The van der Waals surface area contributed by atoms with E-state index in [4.69, 9.17) is 9.47 Å². The SMILES string of the molecule is COc1cccc(C(NC(=O)C(C)Oc2ccccc2)c2nccn2C)c1. The summed E-state index contributed by atoms with van der Waals surface area (Å²) in [4.78, 5) is 17.2. The summed E-state index contributed by atoms with van der Waals surface area (Å²) < 4.78 is 12.9. The number of rotatable bonds is 7. The van der Waals surface area contributed by atoms with Crippen molar-refractivity contribution in [3.05, 3.63) is 78.4 Å². The maximum atomic E-state index is 12.8. The summed E-state index contributed by atoms with van der Waals surface area (Å²) in [6.45, 7) is 1.73. The van der Waals surface area contributed by atoms with Gasteiger partial charge in [-0.1, -0.05) is 30.3 Å². The Bertz CT molecular complexity index is 892. The van der Waals surface area contributed by atoms with E-state index in [1.165, 1.54) is 0 Å². The standard InChI is InChI=1S/C21H23N3O3/c1-15(27-17-9-5-4-6-10-17)21(25)23-19(20-22-12-13-24(20)2)16-8-7-11-18(14-16)26-3/h4-15,19H,1-3H3,(H,23,25). The molecule has 2 aromatic carbocycles. The van der Waals surface area contributed by atoms with Crippen molar-refractivity contribution in [1.29, 1.82) is 0 Å². The van der Waals surface area contributed by atoms with Gasteiger partial charge in [-0.3, -0.25) is 4.79 Å². The van der Waals surface area contributed by atoms with Crippen molar-refractivity contribution in [2.75, 3.05) is 7.11 Å². The molecule has 1 heterocycles. The largest absolute Gasteiger partial charge is 0.497 e. The van der Waals surface area contributed by atoms with E-state index >= 15 is 0 Å². The molecule has 27 heavy (non-hydrogen) atoms. The van der Waals surface area contributed by atoms with Crippen LogP contribution in [-0.4, -0.2) is 28.7 Å². The van der Waals surface area contributed by atoms with Crippen LogP contribution in [0.4, 0.5) is 0 Å². The highest BCUT2D eigenvalue weighted by atomic mass is 16.5. The number of aryl methyl sites for hydroxylation is 1. The first-order chi connectivity index (χ1) is 13.1. The van der Waals surface area contributed by atoms with Crippen LogP contribution in [-0.2, 0) is 11.8 Å². The predicted molar refractivity (Wildman–Crippen MR) is 103 cm³/mol. The topological polar surface area (TPSA) is 65.4 Å². The van der Waals surface area contributed by atoms with E-state index in [1.54, 1.807) is 20.2 Å². The molecular weight excluding hydrogens is 342 g/mol. The Morgan fingerprint density at radius 2 is 1.85 bits per heavy atom. The maximum Gasteiger partial charge on any atom is 0.261 e. The Hall–Kier alpha value is -3.28. The fraction of sp³-hybridized carbons (Fsp3) is 0.238. The molecule has 0 saturated heterocycles. The molecule has 3 aromatic rings. The van der Waals surface area contributed by atoms with Crippen LogP contribution in [0.5, 0.6) is 11.5 Å². The Labute approximate surface area is 158 Å². The molecule has 2 atom stereocenters. The molecule has 6 nitrogen and oxygen atoms in total. The van der Waals surface area contributed by atoms with E-state index < -0.39 is 12.1 Å². The first kappa shape index (κ1) is 18.5. The predicted octanol–water partition coefficient (Wildman–Crippen LogP) is 3.10. The number of benzene rings is 2. The van der Waals surface area contributed by atoms with Gasteiger partial charge in [0.25, 0.3) is 5.91 Å². The zero-order valence-corrected chi connectivity index (χ0v) is 15.6. The van der Waals surface area contributed by atoms with Gasteiger partial charge in [-0.05, 0) is 36.8 Å². The number of aromatic nitrogens is 2. The van der Waals surface area contributed by atoms with Crippen molar-refractivity contribution in [1.82, 2.24) is 14.9 Å². The minimum Gasteiger partial charge on any atom is -0.497 e. The number of carbonyl (C=O) groups is 1. The quantitative estimate of drug-likeness (QED) is 0.699. The van der Waals surface area contributed by atoms with Crippen molar-refractivity contribution >= 4 is 5.91 Å². The Morgan fingerprint density at radius 3 is 2.52 bits per heavy atom. The van der Waals surface area contributed by atoms with Crippen molar-refractivity contribution in [2.45, 2.75) is 19.1 Å². The molecule has 140 valence electrons. The number of nitrogens with one attached hydrogen (secondary N) is 1. The van der Waals surface area contributed by atoms with E-state index in [9.17, 15) is 4.79 Å². The van der Waals surface area contributed by atoms with Crippen LogP contribution in [0.2, 0.25) is 0 Å². The number of nitrogens with zero attached hydrogens (tertiary/aromatic N) is 2. The molecule has 0 aliphatic heterocycles. The molecule has 0 saturated carbocycles. The summed E-state index contributed by atoms with van der Waals surface area (Å²) in [6.07, 6.45) is 2.90. The highest BCUT2D eigenvalue weighted by Gasteiger charge is 2.24. The van der Waals surface area contributed by atoms with Crippen molar-refractivity contribution in [3.63, 3.8) is 0 Å². The highest BCUT2D eigenvalue weighted by Crippen LogP contribution is 2.24. The summed E-state index contributed by atoms with van der Waals surface area (Å²) in [6, 6.07) is 16.4. The summed E-state index contributed by atoms with van der Waals surface area (Å²) in [5, 5.41) is 3.05. The summed E-state index contributed by atoms with van der Waals surface area (Å²) in [5.41, 5.74) is 0.879. The van der Waals surface area contributed by atoms with Crippen LogP contribution < -0.4 is 14.8 Å². The van der Waals surface area contributed by atoms with Gasteiger partial charge in [0.15, 0.2) is 6.10 Å². The molecular formula is C21H23N3O3. The van der Waals surface area contributed by atoms with Crippen LogP contribution in [0, 0.1) is 0 Å². The second kappa shape index (κ2) is 8.40. The third-order valence-corrected chi connectivity index (χ3v) is 4.26. The zero-order valence-electron chi connectivity index (χ0n) is 15.6. The van der Waals surface area contributed by atoms with E-state index in [0.717, 1.165) is 17.1 Å². The van der Waals surface area contributed by atoms with Crippen LogP contribution >= 0.6 is 0 Å². The molecule has 6 heteroatoms. The fourth-order valence-corrected chi connectivity index (χ4v) is 2.79. The van der Waals surface area contributed by atoms with Gasteiger partial charge in [-0.15, -0.1) is 0 Å². The Morgan fingerprint density at radius 1 is 1.11 bits per heavy atom. The lowest BCUT2D eigenvalue weighted by Crippen LogP contribution is -2.39. The lowest BCUT2D eigenvalue weighted by Gasteiger charge is -2.22. The monoisotopic (exact) mass is 365 g/mol. The molecule has 1 amide bonds. The highest BCUT2D eigenvalue weighted by molar-refractivity contribution is 5.81. The summed E-state index contributed by atoms with van der Waals surface area (Å²) in [7, 11) is 3.51. The third kappa shape index (κ3) is 4.47. The Kier molecular flexibility index (Phi) is 5.76. The number of carbonyl (C=O) groups excluding carboxylic acids is 1. The number of amides is 1. The van der Waals surface area contributed by atoms with Crippen molar-refractivity contribution in [3.8, 4) is 11.5 Å². The maximum absolute atomic E-state index is 12.8. The van der Waals surface area contributed by atoms with Crippen LogP contribution in [0.1, 0.15) is 24.4 Å². The second-order valence-electron chi connectivity index (χ2n) is 6.19. The first-order valence-electron chi connectivity index (χ1n) is 8.71. The molecule has 0 bridgehead atoms. The molecule has 3 rings (SSSR count). The van der Waals surface area contributed by atoms with Gasteiger partial charge < -0.3 is 19.4 Å². The van der Waals surface area contributed by atoms with Crippen LogP contribution in [0.25, 0.3) is 0 Å². The van der Waals surface area contributed by atoms with E-state index in [1.807, 2.05) is 72.4 Å². The zero-order chi connectivity index (χ0) is 19.2. The minimum absolute atomic E-state index is 0.227. The molecule has 1 aromatic heterocycles. The third-order valence-electron chi connectivity index (χ3n) is 4.26. The number of imidazole rings is 1. The smallest absolute Gasteiger partial charge is 0.261 e. The number of para-hydroxylation sites is 1. The van der Waals surface area contributed by atoms with Crippen LogP contribution in [0.3, 0.4) is 0 Å². The summed E-state index contributed by atoms with van der Waals surface area (Å²) >= 11 is 0. The normalized spacial score (nSPS) is 12.9. The molecule has 0 radical (unpaired) electrons. The van der Waals surface area contributed by atoms with Gasteiger partial charge in [-0.2, -0.15) is 0 Å². The van der Waals surface area contributed by atoms with Gasteiger partial charge in [0.05, 0.1) is 7.11 Å². The number of hydrogen-bond donors (Lipinski definition) is 1. The minimum atomic E-state index is -0.652. The number of ether oxygens (including phenoxy) is 2. The van der Waals surface area contributed by atoms with Gasteiger partial charge in [0.1, 0.15) is 23.4 Å². The molecule has 0 aliphatic rings. The lowest BCUT2D eigenvalue weighted by atomic mass is 10.1. The van der Waals surface area contributed by atoms with Gasteiger partial charge in [0.2, 0.25) is 0 Å². The first-order valence-corrected chi connectivity index (χ1v) is 8.71. The van der Waals surface area contributed by atoms with Gasteiger partial charge in [-0.25, -0.2) is 4.98 Å². The molecule has 2 unspecified atom stereocenters. The second-order valence-corrected chi connectivity index (χ2v) is 6.19. The summed E-state index contributed by atoms with van der Waals surface area (Å²) in [5.74, 6) is 1.86. The number of hydrogen-bond acceptors (Lipinski definition) is 4. The molecule has 1 N–H and O–H groups in total. The van der Waals surface area contributed by atoms with Gasteiger partial charge >= 0.3 is 0 Å². The lowest BCUT2D eigenvalue weighted by molar-refractivity contribution is -0.127. The van der Waals surface area contributed by atoms with Crippen molar-refractivity contribution in [2.24, 2.45) is 7.05 Å². The number of methoxy groups -OCH3 is 1. The molecule has 0 spiro atoms. The van der Waals surface area contributed by atoms with E-state index in [0.29, 0.717) is 5.75 Å². The van der Waals surface area contributed by atoms with E-state index in [2.05, 4.69) is 10.3 Å². The van der Waals surface area contributed by atoms with Gasteiger partial charge in [0, 0.05) is 19.4 Å². The van der Waals surface area contributed by atoms with E-state index in [-0.39, 0.29) is 5.91 Å².